The van der Waals surface area contributed by atoms with Gasteiger partial charge in [-0.2, -0.15) is 0 Å². The summed E-state index contributed by atoms with van der Waals surface area (Å²) in [6.45, 7) is 6.83. The van der Waals surface area contributed by atoms with Gasteiger partial charge in [0.2, 0.25) is 0 Å². The van der Waals surface area contributed by atoms with E-state index in [-0.39, 0.29) is 5.54 Å². The molecule has 3 heteroatoms. The van der Waals surface area contributed by atoms with E-state index in [1.54, 1.807) is 0 Å². The Morgan fingerprint density at radius 1 is 1.17 bits per heavy atom. The van der Waals surface area contributed by atoms with E-state index in [2.05, 4.69) is 17.1 Å². The standard InChI is InChI=1S/C15H31N3/c1-2-10-18-11-5-8-15(13-16,9-12-18)17-14-6-3-4-7-14/h14,17H,2-13,16H2,1H3. The first-order chi connectivity index (χ1) is 8.78. The number of nitrogens with one attached hydrogen (secondary N) is 1. The second-order valence-electron chi connectivity index (χ2n) is 6.31. The SMILES string of the molecule is CCCN1CCCC(CN)(NC2CCCC2)CC1. The Balaban J connectivity index is 1.89. The summed E-state index contributed by atoms with van der Waals surface area (Å²) >= 11 is 0. The topological polar surface area (TPSA) is 41.3 Å². The zero-order valence-electron chi connectivity index (χ0n) is 12.1. The van der Waals surface area contributed by atoms with Gasteiger partial charge in [0.25, 0.3) is 0 Å². The number of nitrogens with zero attached hydrogens (tertiary/aromatic N) is 1. The zero-order valence-corrected chi connectivity index (χ0v) is 12.1. The van der Waals surface area contributed by atoms with Crippen LogP contribution in [0.15, 0.2) is 0 Å². The van der Waals surface area contributed by atoms with Crippen LogP contribution in [-0.4, -0.2) is 42.7 Å². The van der Waals surface area contributed by atoms with Crippen LogP contribution in [-0.2, 0) is 0 Å². The molecular weight excluding hydrogens is 222 g/mol. The third-order valence-electron chi connectivity index (χ3n) is 4.83. The lowest BCUT2D eigenvalue weighted by Gasteiger charge is -2.36. The highest BCUT2D eigenvalue weighted by Crippen LogP contribution is 2.26. The lowest BCUT2D eigenvalue weighted by Crippen LogP contribution is -2.55. The Kier molecular flexibility index (Phi) is 5.46. The van der Waals surface area contributed by atoms with Crippen LogP contribution in [0.25, 0.3) is 0 Å². The Bertz CT molecular complexity index is 238. The minimum atomic E-state index is 0.234. The summed E-state index contributed by atoms with van der Waals surface area (Å²) in [6.07, 6.45) is 10.6. The minimum Gasteiger partial charge on any atom is -0.329 e. The van der Waals surface area contributed by atoms with Crippen molar-refractivity contribution >= 4 is 0 Å². The second-order valence-corrected chi connectivity index (χ2v) is 6.31. The van der Waals surface area contributed by atoms with Crippen molar-refractivity contribution in [1.29, 1.82) is 0 Å². The third kappa shape index (κ3) is 3.69. The molecule has 1 heterocycles. The molecule has 0 bridgehead atoms. The van der Waals surface area contributed by atoms with Crippen LogP contribution < -0.4 is 11.1 Å². The van der Waals surface area contributed by atoms with Gasteiger partial charge in [-0.3, -0.25) is 0 Å². The smallest absolute Gasteiger partial charge is 0.0319 e. The Labute approximate surface area is 112 Å². The van der Waals surface area contributed by atoms with Crippen molar-refractivity contribution in [2.45, 2.75) is 69.9 Å². The van der Waals surface area contributed by atoms with Crippen LogP contribution in [0, 0.1) is 0 Å². The van der Waals surface area contributed by atoms with Gasteiger partial charge < -0.3 is 16.0 Å². The maximum absolute atomic E-state index is 6.12. The maximum Gasteiger partial charge on any atom is 0.0319 e. The molecule has 0 amide bonds. The van der Waals surface area contributed by atoms with Crippen LogP contribution in [0.3, 0.4) is 0 Å². The lowest BCUT2D eigenvalue weighted by molar-refractivity contribution is 0.241. The van der Waals surface area contributed by atoms with E-state index in [4.69, 9.17) is 5.73 Å². The van der Waals surface area contributed by atoms with E-state index < -0.39 is 0 Å². The molecule has 0 aromatic rings. The quantitative estimate of drug-likeness (QED) is 0.788. The van der Waals surface area contributed by atoms with E-state index in [1.807, 2.05) is 0 Å². The minimum absolute atomic E-state index is 0.234. The van der Waals surface area contributed by atoms with Crippen molar-refractivity contribution in [2.75, 3.05) is 26.2 Å². The monoisotopic (exact) mass is 253 g/mol. The van der Waals surface area contributed by atoms with Gasteiger partial charge >= 0.3 is 0 Å². The fourth-order valence-electron chi connectivity index (χ4n) is 3.70. The first-order valence-corrected chi connectivity index (χ1v) is 7.98. The van der Waals surface area contributed by atoms with Crippen LogP contribution in [0.4, 0.5) is 0 Å². The van der Waals surface area contributed by atoms with Crippen molar-refractivity contribution in [2.24, 2.45) is 5.73 Å². The molecule has 2 aliphatic rings. The molecule has 0 aromatic carbocycles. The van der Waals surface area contributed by atoms with Crippen molar-refractivity contribution in [3.05, 3.63) is 0 Å². The first kappa shape index (κ1) is 14.3. The molecule has 106 valence electrons. The summed E-state index contributed by atoms with van der Waals surface area (Å²) in [5.41, 5.74) is 6.36. The summed E-state index contributed by atoms with van der Waals surface area (Å²) in [6, 6.07) is 0.742. The summed E-state index contributed by atoms with van der Waals surface area (Å²) in [5, 5.41) is 3.93. The highest BCUT2D eigenvalue weighted by Gasteiger charge is 2.33. The molecule has 1 aliphatic carbocycles. The Morgan fingerprint density at radius 2 is 1.94 bits per heavy atom. The second kappa shape index (κ2) is 6.88. The number of rotatable bonds is 5. The maximum atomic E-state index is 6.12. The van der Waals surface area contributed by atoms with Crippen LogP contribution in [0.5, 0.6) is 0 Å². The van der Waals surface area contributed by atoms with Crippen LogP contribution in [0.2, 0.25) is 0 Å². The fraction of sp³-hybridized carbons (Fsp3) is 1.00. The third-order valence-corrected chi connectivity index (χ3v) is 4.83. The van der Waals surface area contributed by atoms with Gasteiger partial charge in [0.15, 0.2) is 0 Å². The molecule has 1 saturated heterocycles. The summed E-state index contributed by atoms with van der Waals surface area (Å²) in [7, 11) is 0. The van der Waals surface area contributed by atoms with Gasteiger partial charge in [-0.1, -0.05) is 19.8 Å². The highest BCUT2D eigenvalue weighted by molar-refractivity contribution is 4.95. The molecule has 3 nitrogen and oxygen atoms in total. The zero-order chi connectivity index (χ0) is 12.8. The molecule has 1 atom stereocenters. The average molecular weight is 253 g/mol. The van der Waals surface area contributed by atoms with E-state index in [0.717, 1.165) is 12.6 Å². The predicted molar refractivity (Wildman–Crippen MR) is 77.8 cm³/mol. The number of nitrogens with two attached hydrogens (primary N) is 1. The Hall–Kier alpha value is -0.120. The van der Waals surface area contributed by atoms with E-state index in [1.165, 1.54) is 71.0 Å². The Morgan fingerprint density at radius 3 is 2.61 bits per heavy atom. The predicted octanol–water partition coefficient (Wildman–Crippen LogP) is 2.11. The molecular formula is C15H31N3. The molecule has 18 heavy (non-hydrogen) atoms. The van der Waals surface area contributed by atoms with Gasteiger partial charge in [0, 0.05) is 18.1 Å². The van der Waals surface area contributed by atoms with E-state index in [9.17, 15) is 0 Å². The number of likely N-dealkylation sites (tertiary alicyclic amines) is 1. The van der Waals surface area contributed by atoms with Crippen molar-refractivity contribution in [1.82, 2.24) is 10.2 Å². The number of hydrogen-bond acceptors (Lipinski definition) is 3. The van der Waals surface area contributed by atoms with Crippen LogP contribution in [0.1, 0.15) is 58.3 Å². The first-order valence-electron chi connectivity index (χ1n) is 7.98. The van der Waals surface area contributed by atoms with Crippen molar-refractivity contribution < 1.29 is 0 Å². The molecule has 1 aliphatic heterocycles. The molecule has 1 unspecified atom stereocenters. The van der Waals surface area contributed by atoms with E-state index >= 15 is 0 Å². The summed E-state index contributed by atoms with van der Waals surface area (Å²) < 4.78 is 0. The lowest BCUT2D eigenvalue weighted by atomic mass is 9.89. The fourth-order valence-corrected chi connectivity index (χ4v) is 3.70. The van der Waals surface area contributed by atoms with Gasteiger partial charge in [0.1, 0.15) is 0 Å². The van der Waals surface area contributed by atoms with Crippen molar-refractivity contribution in [3.63, 3.8) is 0 Å². The highest BCUT2D eigenvalue weighted by atomic mass is 15.1. The molecule has 3 N–H and O–H groups in total. The van der Waals surface area contributed by atoms with Gasteiger partial charge in [-0.05, 0) is 58.2 Å². The van der Waals surface area contributed by atoms with Crippen LogP contribution >= 0.6 is 0 Å². The van der Waals surface area contributed by atoms with Gasteiger partial charge in [-0.15, -0.1) is 0 Å². The molecule has 0 aromatic heterocycles. The normalized spacial score (nSPS) is 31.7. The summed E-state index contributed by atoms with van der Waals surface area (Å²) in [4.78, 5) is 2.62. The largest absolute Gasteiger partial charge is 0.329 e. The molecule has 0 spiro atoms. The molecule has 2 fully saturated rings. The molecule has 2 rings (SSSR count). The average Bonchev–Trinajstić information content (AvgIpc) is 2.80. The van der Waals surface area contributed by atoms with Gasteiger partial charge in [-0.25, -0.2) is 0 Å². The number of hydrogen-bond donors (Lipinski definition) is 2. The van der Waals surface area contributed by atoms with Crippen molar-refractivity contribution in [3.8, 4) is 0 Å². The molecule has 1 saturated carbocycles. The molecule has 0 radical (unpaired) electrons. The van der Waals surface area contributed by atoms with Gasteiger partial charge in [0.05, 0.1) is 0 Å². The van der Waals surface area contributed by atoms with E-state index in [0.29, 0.717) is 0 Å². The summed E-state index contributed by atoms with van der Waals surface area (Å²) in [5.74, 6) is 0.